The summed E-state index contributed by atoms with van der Waals surface area (Å²) in [6.45, 7) is 6.17. The highest BCUT2D eigenvalue weighted by atomic mass is 32.2. The van der Waals surface area contributed by atoms with Crippen molar-refractivity contribution in [1.82, 2.24) is 5.32 Å². The van der Waals surface area contributed by atoms with Gasteiger partial charge in [0.25, 0.3) is 0 Å². The maximum Gasteiger partial charge on any atom is 0.490 e. The largest absolute Gasteiger partial charge is 0.490 e. The lowest BCUT2D eigenvalue weighted by Crippen LogP contribution is -2.26. The van der Waals surface area contributed by atoms with E-state index in [1.165, 1.54) is 34.9 Å². The molecule has 0 amide bonds. The zero-order valence-electron chi connectivity index (χ0n) is 16.1. The smallest absolute Gasteiger partial charge is 0.475 e. The molecule has 0 saturated carbocycles. The summed E-state index contributed by atoms with van der Waals surface area (Å²) in [7, 11) is 0. The summed E-state index contributed by atoms with van der Waals surface area (Å²) in [5, 5.41) is 10.6. The summed E-state index contributed by atoms with van der Waals surface area (Å²) >= 11 is 1.70. The fraction of sp³-hybridized carbons (Fsp3) is 0.381. The van der Waals surface area contributed by atoms with Gasteiger partial charge in [-0.15, -0.1) is 0 Å². The van der Waals surface area contributed by atoms with Crippen molar-refractivity contribution in [2.45, 2.75) is 48.6 Å². The van der Waals surface area contributed by atoms with E-state index >= 15 is 0 Å². The molecule has 2 aromatic carbocycles. The second-order valence-corrected chi connectivity index (χ2v) is 7.92. The minimum Gasteiger partial charge on any atom is -0.475 e. The standard InChI is InChI=1S/C19H22FNS.C2HF3O2/c1-13-6-7-19(16(12-13)15-8-10-21-11-9-15)22-18-5-3-4-17(20)14(18)2;3-2(4,5)1(6)7/h3-7,12,15,21H,8-11H2,1-2H3;(H,6,7). The Bertz CT molecular complexity index is 849. The maximum atomic E-state index is 13.8. The fourth-order valence-electron chi connectivity index (χ4n) is 3.03. The Kier molecular flexibility index (Phi) is 8.10. The highest BCUT2D eigenvalue weighted by molar-refractivity contribution is 7.99. The lowest BCUT2D eigenvalue weighted by molar-refractivity contribution is -0.192. The molecule has 0 atom stereocenters. The average Bonchev–Trinajstić information content (AvgIpc) is 2.67. The number of benzene rings is 2. The number of carboxylic acid groups (broad SMARTS) is 1. The van der Waals surface area contributed by atoms with Gasteiger partial charge in [0.1, 0.15) is 5.82 Å². The first kappa shape index (κ1) is 23.2. The Morgan fingerprint density at radius 1 is 1.10 bits per heavy atom. The number of nitrogens with one attached hydrogen (secondary N) is 1. The Morgan fingerprint density at radius 2 is 1.72 bits per heavy atom. The zero-order valence-corrected chi connectivity index (χ0v) is 17.0. The summed E-state index contributed by atoms with van der Waals surface area (Å²) in [6.07, 6.45) is -2.72. The van der Waals surface area contributed by atoms with Crippen molar-refractivity contribution >= 4 is 17.7 Å². The van der Waals surface area contributed by atoms with Gasteiger partial charge in [-0.25, -0.2) is 9.18 Å². The van der Waals surface area contributed by atoms with Crippen LogP contribution in [-0.2, 0) is 4.79 Å². The van der Waals surface area contributed by atoms with Crippen LogP contribution in [0, 0.1) is 19.7 Å². The third kappa shape index (κ3) is 6.75. The molecule has 0 radical (unpaired) electrons. The van der Waals surface area contributed by atoms with Crippen LogP contribution in [-0.4, -0.2) is 30.3 Å². The molecule has 2 N–H and O–H groups in total. The molecule has 0 aliphatic carbocycles. The molecule has 1 aliphatic rings. The van der Waals surface area contributed by atoms with Gasteiger partial charge in [-0.05, 0) is 75.0 Å². The number of alkyl halides is 3. The molecule has 1 heterocycles. The number of piperidine rings is 1. The van der Waals surface area contributed by atoms with Crippen LogP contribution in [0.25, 0.3) is 0 Å². The number of carboxylic acids is 1. The summed E-state index contributed by atoms with van der Waals surface area (Å²) in [4.78, 5) is 11.2. The van der Waals surface area contributed by atoms with Crippen molar-refractivity contribution in [2.75, 3.05) is 13.1 Å². The second kappa shape index (κ2) is 10.1. The predicted octanol–water partition coefficient (Wildman–Crippen LogP) is 5.69. The number of hydrogen-bond acceptors (Lipinski definition) is 3. The van der Waals surface area contributed by atoms with Crippen molar-refractivity contribution in [3.05, 3.63) is 58.9 Å². The molecule has 2 aromatic rings. The van der Waals surface area contributed by atoms with E-state index in [0.717, 1.165) is 23.5 Å². The molecule has 0 bridgehead atoms. The maximum absolute atomic E-state index is 13.8. The third-order valence-electron chi connectivity index (χ3n) is 4.62. The number of rotatable bonds is 3. The van der Waals surface area contributed by atoms with Crippen LogP contribution in [0.4, 0.5) is 17.6 Å². The third-order valence-corrected chi connectivity index (χ3v) is 5.88. The van der Waals surface area contributed by atoms with Crippen molar-refractivity contribution in [1.29, 1.82) is 0 Å². The summed E-state index contributed by atoms with van der Waals surface area (Å²) < 4.78 is 45.5. The Hall–Kier alpha value is -2.06. The molecule has 0 aromatic heterocycles. The number of aliphatic carboxylic acids is 1. The van der Waals surface area contributed by atoms with Crippen LogP contribution in [0.3, 0.4) is 0 Å². The first-order valence-electron chi connectivity index (χ1n) is 9.14. The van der Waals surface area contributed by atoms with E-state index in [9.17, 15) is 17.6 Å². The summed E-state index contributed by atoms with van der Waals surface area (Å²) in [6, 6.07) is 12.0. The van der Waals surface area contributed by atoms with Gasteiger partial charge < -0.3 is 10.4 Å². The molecular weight excluding hydrogens is 406 g/mol. The van der Waals surface area contributed by atoms with Crippen molar-refractivity contribution in [3.8, 4) is 0 Å². The molecule has 1 saturated heterocycles. The van der Waals surface area contributed by atoms with Gasteiger partial charge in [-0.1, -0.05) is 35.5 Å². The zero-order chi connectivity index (χ0) is 21.6. The molecule has 3 nitrogen and oxygen atoms in total. The van der Waals surface area contributed by atoms with Gasteiger partial charge in [0, 0.05) is 9.79 Å². The topological polar surface area (TPSA) is 49.3 Å². The molecule has 8 heteroatoms. The van der Waals surface area contributed by atoms with E-state index in [1.807, 2.05) is 13.0 Å². The lowest BCUT2D eigenvalue weighted by atomic mass is 9.89. The molecule has 1 aliphatic heterocycles. The Morgan fingerprint density at radius 3 is 2.31 bits per heavy atom. The normalized spacial score (nSPS) is 14.8. The van der Waals surface area contributed by atoms with Crippen LogP contribution in [0.15, 0.2) is 46.2 Å². The van der Waals surface area contributed by atoms with E-state index in [0.29, 0.717) is 5.92 Å². The highest BCUT2D eigenvalue weighted by Crippen LogP contribution is 2.39. The van der Waals surface area contributed by atoms with Crippen molar-refractivity contribution in [2.24, 2.45) is 0 Å². The fourth-order valence-corrected chi connectivity index (χ4v) is 4.14. The number of carbonyl (C=O) groups is 1. The highest BCUT2D eigenvalue weighted by Gasteiger charge is 2.38. The Balaban J connectivity index is 0.000000370. The predicted molar refractivity (Wildman–Crippen MR) is 105 cm³/mol. The van der Waals surface area contributed by atoms with Gasteiger partial charge in [-0.3, -0.25) is 0 Å². The molecule has 29 heavy (non-hydrogen) atoms. The molecule has 3 rings (SSSR count). The first-order chi connectivity index (χ1) is 13.6. The van der Waals surface area contributed by atoms with Crippen molar-refractivity contribution < 1.29 is 27.5 Å². The van der Waals surface area contributed by atoms with E-state index in [1.54, 1.807) is 17.8 Å². The van der Waals surface area contributed by atoms with E-state index < -0.39 is 12.1 Å². The quantitative estimate of drug-likeness (QED) is 0.615. The van der Waals surface area contributed by atoms with Gasteiger partial charge in [0.15, 0.2) is 0 Å². The van der Waals surface area contributed by atoms with E-state index in [2.05, 4.69) is 30.4 Å². The summed E-state index contributed by atoms with van der Waals surface area (Å²) in [5.41, 5.74) is 3.47. The molecule has 0 spiro atoms. The van der Waals surface area contributed by atoms with Crippen LogP contribution in [0.5, 0.6) is 0 Å². The minimum atomic E-state index is -5.08. The average molecular weight is 429 g/mol. The second-order valence-electron chi connectivity index (χ2n) is 6.83. The van der Waals surface area contributed by atoms with Crippen LogP contribution in [0.1, 0.15) is 35.4 Å². The minimum absolute atomic E-state index is 0.125. The number of halogens is 4. The number of hydrogen-bond donors (Lipinski definition) is 2. The van der Waals surface area contributed by atoms with Gasteiger partial charge in [0.2, 0.25) is 0 Å². The molecule has 158 valence electrons. The number of aryl methyl sites for hydroxylation is 1. The van der Waals surface area contributed by atoms with Gasteiger partial charge in [0.05, 0.1) is 0 Å². The van der Waals surface area contributed by atoms with Crippen LogP contribution >= 0.6 is 11.8 Å². The van der Waals surface area contributed by atoms with Crippen molar-refractivity contribution in [3.63, 3.8) is 0 Å². The lowest BCUT2D eigenvalue weighted by Gasteiger charge is -2.25. The Labute approximate surface area is 171 Å². The summed E-state index contributed by atoms with van der Waals surface area (Å²) in [5.74, 6) is -2.27. The molecule has 0 unspecified atom stereocenters. The molecular formula is C21H23F4NO2S. The van der Waals surface area contributed by atoms with Crippen LogP contribution in [0.2, 0.25) is 0 Å². The monoisotopic (exact) mass is 429 g/mol. The van der Waals surface area contributed by atoms with E-state index in [-0.39, 0.29) is 5.82 Å². The van der Waals surface area contributed by atoms with Gasteiger partial charge >= 0.3 is 12.1 Å². The SMILES string of the molecule is Cc1ccc(Sc2cccc(F)c2C)c(C2CCNCC2)c1.O=C(O)C(F)(F)F. The molecule has 1 fully saturated rings. The van der Waals surface area contributed by atoms with E-state index in [4.69, 9.17) is 9.90 Å². The van der Waals surface area contributed by atoms with Gasteiger partial charge in [-0.2, -0.15) is 13.2 Å². The first-order valence-corrected chi connectivity index (χ1v) is 9.95. The van der Waals surface area contributed by atoms with Crippen LogP contribution < -0.4 is 5.32 Å².